The molecule has 0 aliphatic carbocycles. The van der Waals surface area contributed by atoms with Crippen LogP contribution in [0.25, 0.3) is 0 Å². The van der Waals surface area contributed by atoms with Crippen LogP contribution in [0.5, 0.6) is 0 Å². The number of nitrogens with zero attached hydrogens (tertiary/aromatic N) is 2. The SMILES string of the molecule is CC=NCCC#N. The number of nitriles is 1. The fourth-order valence-corrected chi connectivity index (χ4v) is 0.244. The standard InChI is InChI=1S/C5H8N2/c1-2-7-5-3-4-6/h2H,3,5H2,1H3. The molecule has 0 aromatic rings. The van der Waals surface area contributed by atoms with Crippen LogP contribution in [0.15, 0.2) is 4.99 Å². The summed E-state index contributed by atoms with van der Waals surface area (Å²) in [5, 5.41) is 7.97. The number of aliphatic imine (C=N–C) groups is 1. The minimum Gasteiger partial charge on any atom is -0.297 e. The van der Waals surface area contributed by atoms with E-state index >= 15 is 0 Å². The van der Waals surface area contributed by atoms with Crippen molar-refractivity contribution in [2.75, 3.05) is 6.54 Å². The summed E-state index contributed by atoms with van der Waals surface area (Å²) in [6.07, 6.45) is 2.24. The lowest BCUT2D eigenvalue weighted by molar-refractivity contribution is 1.02. The molecule has 0 unspecified atom stereocenters. The van der Waals surface area contributed by atoms with Crippen LogP contribution in [-0.2, 0) is 0 Å². The maximum absolute atomic E-state index is 7.97. The summed E-state index contributed by atoms with van der Waals surface area (Å²) in [6.45, 7) is 2.49. The van der Waals surface area contributed by atoms with Crippen molar-refractivity contribution in [3.8, 4) is 6.07 Å². The first-order chi connectivity index (χ1) is 3.41. The maximum Gasteiger partial charge on any atom is 0.0641 e. The molecular weight excluding hydrogens is 88.1 g/mol. The van der Waals surface area contributed by atoms with Crippen molar-refractivity contribution >= 4 is 6.21 Å². The van der Waals surface area contributed by atoms with Crippen molar-refractivity contribution in [1.29, 1.82) is 5.26 Å². The molecule has 2 nitrogen and oxygen atoms in total. The Labute approximate surface area is 43.5 Å². The first kappa shape index (κ1) is 6.16. The number of hydrogen-bond acceptors (Lipinski definition) is 2. The van der Waals surface area contributed by atoms with Crippen LogP contribution in [0.1, 0.15) is 13.3 Å². The molecule has 0 bridgehead atoms. The highest BCUT2D eigenvalue weighted by molar-refractivity contribution is 5.53. The fourth-order valence-electron chi connectivity index (χ4n) is 0.244. The van der Waals surface area contributed by atoms with E-state index in [1.165, 1.54) is 0 Å². The maximum atomic E-state index is 7.97. The van der Waals surface area contributed by atoms with Gasteiger partial charge in [-0.2, -0.15) is 5.26 Å². The van der Waals surface area contributed by atoms with Gasteiger partial charge in [0.2, 0.25) is 0 Å². The third kappa shape index (κ3) is 5.16. The Kier molecular flexibility index (Phi) is 4.54. The molecule has 0 aliphatic rings. The first-order valence-electron chi connectivity index (χ1n) is 2.23. The van der Waals surface area contributed by atoms with Gasteiger partial charge < -0.3 is 0 Å². The molecular formula is C5H8N2. The van der Waals surface area contributed by atoms with Gasteiger partial charge in [0.15, 0.2) is 0 Å². The van der Waals surface area contributed by atoms with Gasteiger partial charge in [-0.05, 0) is 13.1 Å². The Hall–Kier alpha value is -0.840. The molecule has 38 valence electrons. The minimum absolute atomic E-state index is 0.532. The van der Waals surface area contributed by atoms with Crippen LogP contribution in [0, 0.1) is 11.3 Å². The largest absolute Gasteiger partial charge is 0.297 e. The van der Waals surface area contributed by atoms with Gasteiger partial charge in [0.25, 0.3) is 0 Å². The molecule has 0 rings (SSSR count). The zero-order valence-electron chi connectivity index (χ0n) is 4.39. The van der Waals surface area contributed by atoms with Crippen molar-refractivity contribution in [2.45, 2.75) is 13.3 Å². The van der Waals surface area contributed by atoms with E-state index in [1.54, 1.807) is 6.21 Å². The Bertz CT molecular complexity index is 88.7. The molecule has 0 atom stereocenters. The van der Waals surface area contributed by atoms with Crippen molar-refractivity contribution in [3.05, 3.63) is 0 Å². The average molecular weight is 96.1 g/mol. The molecule has 2 heteroatoms. The average Bonchev–Trinajstić information content (AvgIpc) is 1.69. The predicted molar refractivity (Wildman–Crippen MR) is 29.3 cm³/mol. The van der Waals surface area contributed by atoms with Crippen LogP contribution in [-0.4, -0.2) is 12.8 Å². The smallest absolute Gasteiger partial charge is 0.0641 e. The van der Waals surface area contributed by atoms with Crippen molar-refractivity contribution in [2.24, 2.45) is 4.99 Å². The van der Waals surface area contributed by atoms with Crippen LogP contribution in [0.3, 0.4) is 0 Å². The summed E-state index contributed by atoms with van der Waals surface area (Å²) in [4.78, 5) is 3.81. The first-order valence-corrected chi connectivity index (χ1v) is 2.23. The van der Waals surface area contributed by atoms with E-state index in [9.17, 15) is 0 Å². The molecule has 0 N–H and O–H groups in total. The quantitative estimate of drug-likeness (QED) is 0.373. The predicted octanol–water partition coefficient (Wildman–Crippen LogP) is 0.991. The molecule has 0 saturated carbocycles. The normalized spacial score (nSPS) is 9.14. The van der Waals surface area contributed by atoms with Gasteiger partial charge in [-0.15, -0.1) is 0 Å². The van der Waals surface area contributed by atoms with E-state index in [2.05, 4.69) is 4.99 Å². The summed E-state index contributed by atoms with van der Waals surface area (Å²) < 4.78 is 0. The zero-order chi connectivity index (χ0) is 5.54. The monoisotopic (exact) mass is 96.1 g/mol. The highest BCUT2D eigenvalue weighted by Crippen LogP contribution is 1.73. The molecule has 0 amide bonds. The van der Waals surface area contributed by atoms with Crippen LogP contribution in [0.2, 0.25) is 0 Å². The summed E-state index contributed by atoms with van der Waals surface area (Å²) in [5.74, 6) is 0. The van der Waals surface area contributed by atoms with Gasteiger partial charge in [-0.25, -0.2) is 0 Å². The van der Waals surface area contributed by atoms with E-state index in [0.29, 0.717) is 13.0 Å². The van der Waals surface area contributed by atoms with E-state index < -0.39 is 0 Å². The Balaban J connectivity index is 2.87. The molecule has 0 heterocycles. The van der Waals surface area contributed by atoms with Gasteiger partial charge in [-0.1, -0.05) is 0 Å². The minimum atomic E-state index is 0.532. The lowest BCUT2D eigenvalue weighted by Crippen LogP contribution is -1.74. The van der Waals surface area contributed by atoms with E-state index in [0.717, 1.165) is 0 Å². The van der Waals surface area contributed by atoms with Gasteiger partial charge in [-0.3, -0.25) is 4.99 Å². The van der Waals surface area contributed by atoms with Crippen molar-refractivity contribution < 1.29 is 0 Å². The zero-order valence-corrected chi connectivity index (χ0v) is 4.39. The van der Waals surface area contributed by atoms with E-state index in [1.807, 2.05) is 13.0 Å². The second kappa shape index (κ2) is 5.16. The second-order valence-corrected chi connectivity index (χ2v) is 1.07. The van der Waals surface area contributed by atoms with Crippen LogP contribution in [0.4, 0.5) is 0 Å². The van der Waals surface area contributed by atoms with Crippen LogP contribution < -0.4 is 0 Å². The summed E-state index contributed by atoms with van der Waals surface area (Å²) in [5.41, 5.74) is 0. The van der Waals surface area contributed by atoms with Crippen LogP contribution >= 0.6 is 0 Å². The highest BCUT2D eigenvalue weighted by Gasteiger charge is 1.71. The fraction of sp³-hybridized carbons (Fsp3) is 0.600. The van der Waals surface area contributed by atoms with Gasteiger partial charge in [0, 0.05) is 0 Å². The van der Waals surface area contributed by atoms with Gasteiger partial charge >= 0.3 is 0 Å². The Morgan fingerprint density at radius 2 is 2.57 bits per heavy atom. The topological polar surface area (TPSA) is 36.1 Å². The summed E-state index contributed by atoms with van der Waals surface area (Å²) in [7, 11) is 0. The Morgan fingerprint density at radius 3 is 3.00 bits per heavy atom. The lowest BCUT2D eigenvalue weighted by Gasteiger charge is -1.76. The molecule has 0 radical (unpaired) electrons. The molecule has 0 aromatic heterocycles. The number of rotatable bonds is 2. The summed E-state index contributed by atoms with van der Waals surface area (Å²) >= 11 is 0. The van der Waals surface area contributed by atoms with E-state index in [4.69, 9.17) is 5.26 Å². The third-order valence-electron chi connectivity index (χ3n) is 0.535. The lowest BCUT2D eigenvalue weighted by atomic mass is 10.5. The molecule has 0 aliphatic heterocycles. The molecule has 0 aromatic carbocycles. The van der Waals surface area contributed by atoms with Crippen molar-refractivity contribution in [1.82, 2.24) is 0 Å². The molecule has 0 fully saturated rings. The second-order valence-electron chi connectivity index (χ2n) is 1.07. The molecule has 7 heavy (non-hydrogen) atoms. The number of hydrogen-bond donors (Lipinski definition) is 0. The highest BCUT2D eigenvalue weighted by atomic mass is 14.7. The van der Waals surface area contributed by atoms with Gasteiger partial charge in [0.1, 0.15) is 0 Å². The van der Waals surface area contributed by atoms with Gasteiger partial charge in [0.05, 0.1) is 19.0 Å². The molecule has 0 saturated heterocycles. The van der Waals surface area contributed by atoms with E-state index in [-0.39, 0.29) is 0 Å². The Morgan fingerprint density at radius 1 is 1.86 bits per heavy atom. The summed E-state index contributed by atoms with van der Waals surface area (Å²) in [6, 6.07) is 1.99. The molecule has 0 spiro atoms. The van der Waals surface area contributed by atoms with Crippen molar-refractivity contribution in [3.63, 3.8) is 0 Å². The third-order valence-corrected chi connectivity index (χ3v) is 0.535.